The molecule has 0 spiro atoms. The Labute approximate surface area is 120 Å². The Hall–Kier alpha value is -0.550. The lowest BCUT2D eigenvalue weighted by molar-refractivity contribution is 0.399. The Morgan fingerprint density at radius 3 is 2.79 bits per heavy atom. The van der Waals surface area contributed by atoms with Crippen molar-refractivity contribution >= 4 is 11.8 Å². The summed E-state index contributed by atoms with van der Waals surface area (Å²) < 4.78 is 1.89. The number of aryl methyl sites for hydroxylation is 1. The summed E-state index contributed by atoms with van der Waals surface area (Å²) in [6, 6.07) is 0.627. The fourth-order valence-electron chi connectivity index (χ4n) is 2.68. The van der Waals surface area contributed by atoms with E-state index in [9.17, 15) is 0 Å². The van der Waals surface area contributed by atoms with Crippen LogP contribution in [0.25, 0.3) is 0 Å². The molecule has 108 valence electrons. The third kappa shape index (κ3) is 4.49. The molecule has 4 nitrogen and oxygen atoms in total. The number of aromatic nitrogens is 3. The van der Waals surface area contributed by atoms with Crippen molar-refractivity contribution in [1.29, 1.82) is 0 Å². The van der Waals surface area contributed by atoms with Gasteiger partial charge in [0.1, 0.15) is 6.33 Å². The Morgan fingerprint density at radius 2 is 2.11 bits per heavy atom. The molecule has 1 aromatic rings. The monoisotopic (exact) mass is 282 g/mol. The Balaban J connectivity index is 1.99. The average Bonchev–Trinajstić information content (AvgIpc) is 2.78. The summed E-state index contributed by atoms with van der Waals surface area (Å²) in [6.07, 6.45) is 10.9. The first-order valence-corrected chi connectivity index (χ1v) is 8.43. The van der Waals surface area contributed by atoms with Gasteiger partial charge in [-0.05, 0) is 25.8 Å². The third-order valence-corrected chi connectivity index (χ3v) is 5.23. The maximum absolute atomic E-state index is 4.37. The summed E-state index contributed by atoms with van der Waals surface area (Å²) in [6.45, 7) is 3.36. The van der Waals surface area contributed by atoms with Crippen LogP contribution >= 0.6 is 11.8 Å². The number of thioether (sulfide) groups is 1. The molecule has 1 aliphatic carbocycles. The van der Waals surface area contributed by atoms with Gasteiger partial charge in [0.25, 0.3) is 0 Å². The van der Waals surface area contributed by atoms with Crippen LogP contribution in [0.15, 0.2) is 11.5 Å². The first-order valence-electron chi connectivity index (χ1n) is 7.55. The summed E-state index contributed by atoms with van der Waals surface area (Å²) >= 11 is 1.91. The van der Waals surface area contributed by atoms with E-state index in [4.69, 9.17) is 0 Å². The van der Waals surface area contributed by atoms with E-state index in [-0.39, 0.29) is 0 Å². The van der Waals surface area contributed by atoms with E-state index in [0.29, 0.717) is 11.3 Å². The van der Waals surface area contributed by atoms with Crippen LogP contribution in [0.5, 0.6) is 0 Å². The number of rotatable bonds is 5. The highest BCUT2D eigenvalue weighted by Crippen LogP contribution is 2.31. The minimum atomic E-state index is 0.627. The summed E-state index contributed by atoms with van der Waals surface area (Å²) in [4.78, 5) is 4.37. The van der Waals surface area contributed by atoms with Crippen LogP contribution in [0.3, 0.4) is 0 Å². The lowest BCUT2D eigenvalue weighted by Crippen LogP contribution is -2.39. The second-order valence-electron chi connectivity index (χ2n) is 5.37. The molecule has 5 heteroatoms. The van der Waals surface area contributed by atoms with Gasteiger partial charge in [-0.3, -0.25) is 0 Å². The highest BCUT2D eigenvalue weighted by Gasteiger charge is 2.24. The SMILES string of the molecule is CCCNC1CCCCCCC1Sc1ncnn1C. The highest BCUT2D eigenvalue weighted by molar-refractivity contribution is 7.99. The summed E-state index contributed by atoms with van der Waals surface area (Å²) in [5.41, 5.74) is 0. The Morgan fingerprint density at radius 1 is 1.32 bits per heavy atom. The highest BCUT2D eigenvalue weighted by atomic mass is 32.2. The van der Waals surface area contributed by atoms with Gasteiger partial charge < -0.3 is 5.32 Å². The predicted octanol–water partition coefficient (Wildman–Crippen LogP) is 3.00. The molecule has 0 aromatic carbocycles. The van der Waals surface area contributed by atoms with Crippen molar-refractivity contribution in [2.45, 2.75) is 68.3 Å². The van der Waals surface area contributed by atoms with E-state index >= 15 is 0 Å². The fourth-order valence-corrected chi connectivity index (χ4v) is 3.94. The van der Waals surface area contributed by atoms with Crippen LogP contribution in [-0.2, 0) is 7.05 Å². The van der Waals surface area contributed by atoms with Crippen molar-refractivity contribution in [2.24, 2.45) is 7.05 Å². The molecule has 0 saturated heterocycles. The van der Waals surface area contributed by atoms with Crippen molar-refractivity contribution in [2.75, 3.05) is 6.54 Å². The van der Waals surface area contributed by atoms with Gasteiger partial charge in [-0.25, -0.2) is 9.67 Å². The van der Waals surface area contributed by atoms with Gasteiger partial charge in [0.2, 0.25) is 0 Å². The van der Waals surface area contributed by atoms with Gasteiger partial charge in [0, 0.05) is 18.3 Å². The molecule has 1 N–H and O–H groups in total. The topological polar surface area (TPSA) is 42.7 Å². The van der Waals surface area contributed by atoms with Gasteiger partial charge in [0.05, 0.1) is 0 Å². The van der Waals surface area contributed by atoms with Gasteiger partial charge in [-0.1, -0.05) is 44.4 Å². The fraction of sp³-hybridized carbons (Fsp3) is 0.857. The largest absolute Gasteiger partial charge is 0.313 e. The molecule has 1 fully saturated rings. The maximum atomic E-state index is 4.37. The lowest BCUT2D eigenvalue weighted by atomic mass is 9.96. The van der Waals surface area contributed by atoms with Crippen molar-refractivity contribution in [3.63, 3.8) is 0 Å². The van der Waals surface area contributed by atoms with E-state index in [1.54, 1.807) is 6.33 Å². The van der Waals surface area contributed by atoms with Gasteiger partial charge in [0.15, 0.2) is 5.16 Å². The lowest BCUT2D eigenvalue weighted by Gasteiger charge is -2.29. The second-order valence-corrected chi connectivity index (χ2v) is 6.58. The summed E-state index contributed by atoms with van der Waals surface area (Å²) in [7, 11) is 1.98. The molecule has 2 atom stereocenters. The standard InChI is InChI=1S/C14H26N4S/c1-3-10-15-12-8-6-4-5-7-9-13(12)19-14-16-11-17-18(14)2/h11-13,15H,3-10H2,1-2H3. The number of hydrogen-bond donors (Lipinski definition) is 1. The van der Waals surface area contributed by atoms with Gasteiger partial charge in [-0.15, -0.1) is 0 Å². The average molecular weight is 282 g/mol. The van der Waals surface area contributed by atoms with Crippen LogP contribution in [0.1, 0.15) is 51.9 Å². The molecule has 1 saturated carbocycles. The molecular weight excluding hydrogens is 256 g/mol. The van der Waals surface area contributed by atoms with Crippen LogP contribution in [0.2, 0.25) is 0 Å². The second kappa shape index (κ2) is 7.90. The van der Waals surface area contributed by atoms with Crippen LogP contribution in [-0.4, -0.2) is 32.6 Å². The van der Waals surface area contributed by atoms with Crippen molar-refractivity contribution < 1.29 is 0 Å². The van der Waals surface area contributed by atoms with E-state index in [2.05, 4.69) is 22.3 Å². The number of nitrogens with zero attached hydrogens (tertiary/aromatic N) is 3. The molecular formula is C14H26N4S. The van der Waals surface area contributed by atoms with Crippen LogP contribution < -0.4 is 5.32 Å². The summed E-state index contributed by atoms with van der Waals surface area (Å²) in [5.74, 6) is 0. The molecule has 1 heterocycles. The Kier molecular flexibility index (Phi) is 6.17. The third-order valence-electron chi connectivity index (χ3n) is 3.79. The van der Waals surface area contributed by atoms with E-state index in [1.807, 2.05) is 23.5 Å². The molecule has 2 rings (SSSR count). The van der Waals surface area contributed by atoms with E-state index in [1.165, 1.54) is 44.9 Å². The normalized spacial score (nSPS) is 24.9. The van der Waals surface area contributed by atoms with E-state index < -0.39 is 0 Å². The molecule has 1 aliphatic rings. The molecule has 2 unspecified atom stereocenters. The number of hydrogen-bond acceptors (Lipinski definition) is 4. The van der Waals surface area contributed by atoms with Crippen molar-refractivity contribution in [1.82, 2.24) is 20.1 Å². The molecule has 0 aliphatic heterocycles. The zero-order valence-corrected chi connectivity index (χ0v) is 13.0. The number of nitrogens with one attached hydrogen (secondary N) is 1. The van der Waals surface area contributed by atoms with Crippen LogP contribution in [0.4, 0.5) is 0 Å². The van der Waals surface area contributed by atoms with Gasteiger partial charge in [-0.2, -0.15) is 5.10 Å². The molecule has 0 radical (unpaired) electrons. The van der Waals surface area contributed by atoms with E-state index in [0.717, 1.165) is 11.7 Å². The van der Waals surface area contributed by atoms with Crippen LogP contribution in [0, 0.1) is 0 Å². The molecule has 19 heavy (non-hydrogen) atoms. The van der Waals surface area contributed by atoms with Crippen molar-refractivity contribution in [3.05, 3.63) is 6.33 Å². The molecule has 0 amide bonds. The first kappa shape index (κ1) is 14.9. The zero-order valence-electron chi connectivity index (χ0n) is 12.1. The minimum absolute atomic E-state index is 0.627. The zero-order chi connectivity index (χ0) is 13.5. The molecule has 1 aromatic heterocycles. The predicted molar refractivity (Wildman–Crippen MR) is 80.4 cm³/mol. The van der Waals surface area contributed by atoms with Crippen molar-refractivity contribution in [3.8, 4) is 0 Å². The summed E-state index contributed by atoms with van der Waals surface area (Å²) in [5, 5.41) is 9.60. The Bertz CT molecular complexity index is 364. The quantitative estimate of drug-likeness (QED) is 0.901. The molecule has 0 bridgehead atoms. The first-order chi connectivity index (χ1) is 9.31. The van der Waals surface area contributed by atoms with Gasteiger partial charge >= 0.3 is 0 Å². The maximum Gasteiger partial charge on any atom is 0.186 e. The minimum Gasteiger partial charge on any atom is -0.313 e. The smallest absolute Gasteiger partial charge is 0.186 e.